The van der Waals surface area contributed by atoms with E-state index in [1.54, 1.807) is 16.6 Å². The van der Waals surface area contributed by atoms with Crippen LogP contribution >= 0.6 is 0 Å². The number of hydrogen-bond acceptors (Lipinski definition) is 5. The van der Waals surface area contributed by atoms with Crippen molar-refractivity contribution in [2.24, 2.45) is 5.92 Å². The van der Waals surface area contributed by atoms with E-state index in [9.17, 15) is 9.90 Å². The predicted octanol–water partition coefficient (Wildman–Crippen LogP) is 2.70. The van der Waals surface area contributed by atoms with Crippen molar-refractivity contribution in [3.8, 4) is 11.4 Å². The molecule has 0 bridgehead atoms. The second kappa shape index (κ2) is 6.66. The zero-order chi connectivity index (χ0) is 17.1. The Morgan fingerprint density at radius 1 is 1.17 bits per heavy atom. The van der Waals surface area contributed by atoms with Crippen molar-refractivity contribution in [3.63, 3.8) is 0 Å². The van der Waals surface area contributed by atoms with E-state index in [-0.39, 0.29) is 5.92 Å². The molecule has 7 heteroatoms. The summed E-state index contributed by atoms with van der Waals surface area (Å²) in [5.41, 5.74) is 1.50. The molecule has 0 unspecified atom stereocenters. The maximum Gasteiger partial charge on any atom is 0.326 e. The SMILES string of the molecule is CC(C)C[C@H](Nc1ccc2nnc(-c3ccccc3)n2n1)C(=O)O. The van der Waals surface area contributed by atoms with Gasteiger partial charge in [-0.25, -0.2) is 4.79 Å². The van der Waals surface area contributed by atoms with Crippen LogP contribution < -0.4 is 5.32 Å². The third-order valence-corrected chi connectivity index (χ3v) is 3.62. The molecule has 0 aliphatic heterocycles. The molecule has 0 radical (unpaired) electrons. The Hall–Kier alpha value is -2.96. The Bertz CT molecular complexity index is 845. The number of carboxylic acids is 1. The minimum absolute atomic E-state index is 0.261. The number of carboxylic acid groups (broad SMARTS) is 1. The van der Waals surface area contributed by atoms with Gasteiger partial charge in [0, 0.05) is 5.56 Å². The Balaban J connectivity index is 1.94. The van der Waals surface area contributed by atoms with Gasteiger partial charge in [-0.05, 0) is 24.5 Å². The van der Waals surface area contributed by atoms with E-state index in [0.717, 1.165) is 5.56 Å². The lowest BCUT2D eigenvalue weighted by molar-refractivity contribution is -0.138. The Morgan fingerprint density at radius 2 is 1.92 bits per heavy atom. The number of carbonyl (C=O) groups is 1. The molecule has 3 rings (SSSR count). The molecule has 24 heavy (non-hydrogen) atoms. The van der Waals surface area contributed by atoms with Crippen LogP contribution in [0.15, 0.2) is 42.5 Å². The maximum atomic E-state index is 11.4. The number of fused-ring (bicyclic) bond motifs is 1. The standard InChI is InChI=1S/C17H19N5O2/c1-11(2)10-13(17(23)24)18-14-8-9-15-19-20-16(22(15)21-14)12-6-4-3-5-7-12/h3-9,11,13H,10H2,1-2H3,(H,18,21)(H,23,24)/t13-/m0/s1. The number of hydrogen-bond donors (Lipinski definition) is 2. The highest BCUT2D eigenvalue weighted by atomic mass is 16.4. The fourth-order valence-corrected chi connectivity index (χ4v) is 2.50. The Labute approximate surface area is 139 Å². The molecule has 3 aromatic rings. The third-order valence-electron chi connectivity index (χ3n) is 3.62. The van der Waals surface area contributed by atoms with Crippen molar-refractivity contribution < 1.29 is 9.90 Å². The first-order valence-electron chi connectivity index (χ1n) is 7.82. The van der Waals surface area contributed by atoms with E-state index in [1.165, 1.54) is 0 Å². The molecule has 124 valence electrons. The van der Waals surface area contributed by atoms with Crippen LogP contribution in [0.1, 0.15) is 20.3 Å². The lowest BCUT2D eigenvalue weighted by Crippen LogP contribution is -2.31. The zero-order valence-corrected chi connectivity index (χ0v) is 13.5. The molecular formula is C17H19N5O2. The number of aliphatic carboxylic acids is 1. The summed E-state index contributed by atoms with van der Waals surface area (Å²) < 4.78 is 1.62. The summed E-state index contributed by atoms with van der Waals surface area (Å²) in [5, 5.41) is 25.1. The van der Waals surface area contributed by atoms with E-state index in [0.29, 0.717) is 23.7 Å². The third kappa shape index (κ3) is 3.34. The van der Waals surface area contributed by atoms with E-state index in [1.807, 2.05) is 44.2 Å². The van der Waals surface area contributed by atoms with Gasteiger partial charge in [-0.1, -0.05) is 44.2 Å². The first-order valence-corrected chi connectivity index (χ1v) is 7.82. The number of aromatic nitrogens is 4. The minimum atomic E-state index is -0.891. The summed E-state index contributed by atoms with van der Waals surface area (Å²) in [6, 6.07) is 12.4. The summed E-state index contributed by atoms with van der Waals surface area (Å²) in [7, 11) is 0. The van der Waals surface area contributed by atoms with Crippen LogP contribution in [-0.2, 0) is 4.79 Å². The van der Waals surface area contributed by atoms with Gasteiger partial charge >= 0.3 is 5.97 Å². The average molecular weight is 325 g/mol. The van der Waals surface area contributed by atoms with E-state index in [2.05, 4.69) is 20.6 Å². The molecule has 0 saturated heterocycles. The topological polar surface area (TPSA) is 92.4 Å². The monoisotopic (exact) mass is 325 g/mol. The number of anilines is 1. The fourth-order valence-electron chi connectivity index (χ4n) is 2.50. The summed E-state index contributed by atoms with van der Waals surface area (Å²) in [5.74, 6) is 0.465. The van der Waals surface area contributed by atoms with Gasteiger partial charge in [0.2, 0.25) is 0 Å². The smallest absolute Gasteiger partial charge is 0.326 e. The van der Waals surface area contributed by atoms with Crippen LogP contribution in [0.2, 0.25) is 0 Å². The lowest BCUT2D eigenvalue weighted by Gasteiger charge is -2.16. The van der Waals surface area contributed by atoms with Crippen molar-refractivity contribution in [1.29, 1.82) is 0 Å². The van der Waals surface area contributed by atoms with E-state index >= 15 is 0 Å². The molecule has 2 heterocycles. The van der Waals surface area contributed by atoms with Crippen molar-refractivity contribution in [1.82, 2.24) is 19.8 Å². The second-order valence-electron chi connectivity index (χ2n) is 6.04. The van der Waals surface area contributed by atoms with Crippen LogP contribution in [-0.4, -0.2) is 36.9 Å². The maximum absolute atomic E-state index is 11.4. The van der Waals surface area contributed by atoms with Gasteiger partial charge in [0.1, 0.15) is 11.9 Å². The van der Waals surface area contributed by atoms with Gasteiger partial charge in [-0.3, -0.25) is 0 Å². The molecule has 0 fully saturated rings. The highest BCUT2D eigenvalue weighted by molar-refractivity contribution is 5.76. The molecule has 0 amide bonds. The minimum Gasteiger partial charge on any atom is -0.480 e. The lowest BCUT2D eigenvalue weighted by atomic mass is 10.0. The van der Waals surface area contributed by atoms with Gasteiger partial charge < -0.3 is 10.4 Å². The Morgan fingerprint density at radius 3 is 2.58 bits per heavy atom. The van der Waals surface area contributed by atoms with Crippen molar-refractivity contribution >= 4 is 17.4 Å². The second-order valence-corrected chi connectivity index (χ2v) is 6.04. The highest BCUT2D eigenvalue weighted by Gasteiger charge is 2.19. The van der Waals surface area contributed by atoms with Gasteiger partial charge in [0.15, 0.2) is 11.5 Å². The van der Waals surface area contributed by atoms with Crippen LogP contribution in [0.3, 0.4) is 0 Å². The first kappa shape index (κ1) is 15.9. The first-order chi connectivity index (χ1) is 11.5. The highest BCUT2D eigenvalue weighted by Crippen LogP contribution is 2.18. The number of rotatable bonds is 6. The number of nitrogens with zero attached hydrogens (tertiary/aromatic N) is 4. The molecule has 0 saturated carbocycles. The fraction of sp³-hybridized carbons (Fsp3) is 0.294. The number of benzene rings is 1. The van der Waals surface area contributed by atoms with Gasteiger partial charge in [0.25, 0.3) is 0 Å². The molecule has 0 aliphatic carbocycles. The number of nitrogens with one attached hydrogen (secondary N) is 1. The summed E-state index contributed by atoms with van der Waals surface area (Å²) >= 11 is 0. The van der Waals surface area contributed by atoms with Gasteiger partial charge in [-0.15, -0.1) is 15.3 Å². The van der Waals surface area contributed by atoms with E-state index < -0.39 is 12.0 Å². The molecule has 0 spiro atoms. The van der Waals surface area contributed by atoms with Gasteiger partial charge in [0.05, 0.1) is 0 Å². The largest absolute Gasteiger partial charge is 0.480 e. The predicted molar refractivity (Wildman–Crippen MR) is 90.7 cm³/mol. The Kier molecular flexibility index (Phi) is 4.41. The van der Waals surface area contributed by atoms with Crippen molar-refractivity contribution in [3.05, 3.63) is 42.5 Å². The summed E-state index contributed by atoms with van der Waals surface area (Å²) in [6.07, 6.45) is 0.517. The summed E-state index contributed by atoms with van der Waals surface area (Å²) in [6.45, 7) is 3.98. The van der Waals surface area contributed by atoms with Crippen molar-refractivity contribution in [2.45, 2.75) is 26.3 Å². The normalized spacial score (nSPS) is 12.5. The molecule has 2 aromatic heterocycles. The average Bonchev–Trinajstić information content (AvgIpc) is 2.97. The zero-order valence-electron chi connectivity index (χ0n) is 13.5. The molecule has 0 aliphatic rings. The van der Waals surface area contributed by atoms with E-state index in [4.69, 9.17) is 0 Å². The van der Waals surface area contributed by atoms with Crippen LogP contribution in [0, 0.1) is 5.92 Å². The van der Waals surface area contributed by atoms with Gasteiger partial charge in [-0.2, -0.15) is 4.52 Å². The molecule has 1 aromatic carbocycles. The molecule has 7 nitrogen and oxygen atoms in total. The van der Waals surface area contributed by atoms with Crippen LogP contribution in [0.25, 0.3) is 17.0 Å². The quantitative estimate of drug-likeness (QED) is 0.724. The molecule has 1 atom stereocenters. The molecular weight excluding hydrogens is 306 g/mol. The van der Waals surface area contributed by atoms with Crippen LogP contribution in [0.4, 0.5) is 5.82 Å². The summed E-state index contributed by atoms with van der Waals surface area (Å²) in [4.78, 5) is 11.4. The van der Waals surface area contributed by atoms with Crippen molar-refractivity contribution in [2.75, 3.05) is 5.32 Å². The van der Waals surface area contributed by atoms with Crippen LogP contribution in [0.5, 0.6) is 0 Å². The molecule has 2 N–H and O–H groups in total.